The van der Waals surface area contributed by atoms with Crippen LogP contribution in [0.5, 0.6) is 0 Å². The lowest BCUT2D eigenvalue weighted by atomic mass is 10.1. The fraction of sp³-hybridized carbons (Fsp3) is 0.698. The number of carbonyl (C=O) groups excluding carboxylic acids is 3. The minimum absolute atomic E-state index is 0.0952. The normalized spacial score (nSPS) is 12.8. The van der Waals surface area contributed by atoms with Gasteiger partial charge in [0.1, 0.15) is 13.2 Å². The molecule has 0 amide bonds. The van der Waals surface area contributed by atoms with E-state index >= 15 is 0 Å². The summed E-state index contributed by atoms with van der Waals surface area (Å²) in [4.78, 5) is 38.2. The van der Waals surface area contributed by atoms with E-state index in [0.29, 0.717) is 19.3 Å². The molecule has 6 nitrogen and oxygen atoms in total. The van der Waals surface area contributed by atoms with Crippen molar-refractivity contribution in [3.05, 3.63) is 97.2 Å². The average molecular weight is 960 g/mol. The lowest BCUT2D eigenvalue weighted by Gasteiger charge is -2.18. The van der Waals surface area contributed by atoms with Crippen LogP contribution in [0, 0.1) is 0 Å². The first-order chi connectivity index (χ1) is 34.0. The fourth-order valence-corrected chi connectivity index (χ4v) is 7.67. The topological polar surface area (TPSA) is 78.9 Å². The van der Waals surface area contributed by atoms with Crippen LogP contribution in [-0.2, 0) is 28.6 Å². The van der Waals surface area contributed by atoms with Gasteiger partial charge in [-0.3, -0.25) is 14.4 Å². The van der Waals surface area contributed by atoms with Crippen LogP contribution in [0.4, 0.5) is 0 Å². The van der Waals surface area contributed by atoms with E-state index in [4.69, 9.17) is 14.2 Å². The monoisotopic (exact) mass is 959 g/mol. The zero-order valence-corrected chi connectivity index (χ0v) is 45.0. The predicted molar refractivity (Wildman–Crippen MR) is 297 cm³/mol. The molecule has 0 aromatic rings. The zero-order chi connectivity index (χ0) is 50.0. The molecule has 0 saturated carbocycles. The summed E-state index contributed by atoms with van der Waals surface area (Å²) in [6, 6.07) is 0. The second-order valence-electron chi connectivity index (χ2n) is 18.8. The molecule has 0 N–H and O–H groups in total. The molecule has 0 aliphatic carbocycles. The van der Waals surface area contributed by atoms with Gasteiger partial charge in [0, 0.05) is 19.3 Å². The molecule has 0 aromatic heterocycles. The molecule has 0 heterocycles. The number of ether oxygens (including phenoxy) is 3. The summed E-state index contributed by atoms with van der Waals surface area (Å²) in [6.07, 6.45) is 75.3. The van der Waals surface area contributed by atoms with E-state index in [1.165, 1.54) is 89.9 Å². The average Bonchev–Trinajstić information content (AvgIpc) is 3.35. The van der Waals surface area contributed by atoms with E-state index in [-0.39, 0.29) is 31.1 Å². The number of esters is 3. The Labute approximate surface area is 426 Å². The maximum atomic E-state index is 12.9. The van der Waals surface area contributed by atoms with Crippen molar-refractivity contribution < 1.29 is 28.6 Å². The van der Waals surface area contributed by atoms with Gasteiger partial charge in [-0.25, -0.2) is 0 Å². The van der Waals surface area contributed by atoms with E-state index in [1.54, 1.807) is 0 Å². The van der Waals surface area contributed by atoms with Crippen LogP contribution >= 0.6 is 0 Å². The van der Waals surface area contributed by atoms with Gasteiger partial charge in [0.25, 0.3) is 0 Å². The third-order valence-corrected chi connectivity index (χ3v) is 12.0. The van der Waals surface area contributed by atoms with Gasteiger partial charge in [0.05, 0.1) is 0 Å². The van der Waals surface area contributed by atoms with Crippen molar-refractivity contribution in [2.45, 2.75) is 271 Å². The Hall–Kier alpha value is -3.67. The van der Waals surface area contributed by atoms with Gasteiger partial charge in [0.15, 0.2) is 6.10 Å². The quantitative estimate of drug-likeness (QED) is 0.0262. The summed E-state index contributed by atoms with van der Waals surface area (Å²) < 4.78 is 16.8. The Kier molecular flexibility index (Phi) is 53.9. The van der Waals surface area contributed by atoms with Crippen molar-refractivity contribution in [3.8, 4) is 0 Å². The van der Waals surface area contributed by atoms with Crippen LogP contribution in [0.15, 0.2) is 97.2 Å². The van der Waals surface area contributed by atoms with Crippen LogP contribution in [0.25, 0.3) is 0 Å². The van der Waals surface area contributed by atoms with Crippen molar-refractivity contribution in [2.75, 3.05) is 13.2 Å². The first-order valence-corrected chi connectivity index (χ1v) is 28.7. The SMILES string of the molecule is CCC/C=C\C/C=C\CCCCCCCC(=O)OCC(COC(=O)CCCCCCCC/C=C\C/C=C\C/C=C\CCCCC)OC(=O)CCCCCCCC/C=C\C/C=C\C/C=C\CCCCC. The molecule has 0 spiro atoms. The van der Waals surface area contributed by atoms with Crippen LogP contribution in [0.3, 0.4) is 0 Å². The lowest BCUT2D eigenvalue weighted by molar-refractivity contribution is -0.167. The zero-order valence-electron chi connectivity index (χ0n) is 45.0. The van der Waals surface area contributed by atoms with Crippen LogP contribution < -0.4 is 0 Å². The molecule has 0 radical (unpaired) electrons. The number of hydrogen-bond donors (Lipinski definition) is 0. The van der Waals surface area contributed by atoms with E-state index in [1.807, 2.05) is 0 Å². The molecule has 69 heavy (non-hydrogen) atoms. The van der Waals surface area contributed by atoms with Gasteiger partial charge < -0.3 is 14.2 Å². The second-order valence-corrected chi connectivity index (χ2v) is 18.8. The standard InChI is InChI=1S/C63H106O6/c1-4-7-10-13-16-19-22-25-27-29-31-33-35-38-41-44-47-50-53-56-62(65)68-59-60(58-67-61(64)55-52-49-46-43-40-37-24-21-18-15-12-9-6-3)69-63(66)57-54-51-48-45-42-39-36-34-32-30-28-26-23-20-17-14-11-8-5-2/h12,15-17,19-21,24-28,31-34,60H,4-11,13-14,18,22-23,29-30,35-59H2,1-3H3/b15-12-,19-16-,20-17-,24-21-,27-25-,28-26-,33-31-,34-32-. The molecule has 0 rings (SSSR count). The highest BCUT2D eigenvalue weighted by atomic mass is 16.6. The van der Waals surface area contributed by atoms with Crippen molar-refractivity contribution in [1.29, 1.82) is 0 Å². The maximum absolute atomic E-state index is 12.9. The molecule has 6 heteroatoms. The maximum Gasteiger partial charge on any atom is 0.306 e. The first-order valence-electron chi connectivity index (χ1n) is 28.7. The second kappa shape index (κ2) is 56.9. The van der Waals surface area contributed by atoms with E-state index in [2.05, 4.69) is 118 Å². The van der Waals surface area contributed by atoms with Gasteiger partial charge in [-0.15, -0.1) is 0 Å². The summed E-state index contributed by atoms with van der Waals surface area (Å²) in [5.74, 6) is -0.932. The number of allylic oxidation sites excluding steroid dienone is 16. The summed E-state index contributed by atoms with van der Waals surface area (Å²) in [5, 5.41) is 0. The van der Waals surface area contributed by atoms with Gasteiger partial charge in [-0.05, 0) is 122 Å². The Morgan fingerprint density at radius 2 is 0.551 bits per heavy atom. The summed E-state index contributed by atoms with van der Waals surface area (Å²) in [6.45, 7) is 6.49. The number of carbonyl (C=O) groups is 3. The van der Waals surface area contributed by atoms with Crippen molar-refractivity contribution >= 4 is 17.9 Å². The minimum atomic E-state index is -0.798. The Balaban J connectivity index is 4.44. The van der Waals surface area contributed by atoms with Gasteiger partial charge in [-0.1, -0.05) is 221 Å². The molecule has 1 unspecified atom stereocenters. The van der Waals surface area contributed by atoms with E-state index in [0.717, 1.165) is 135 Å². The van der Waals surface area contributed by atoms with Gasteiger partial charge in [0.2, 0.25) is 0 Å². The molecular weight excluding hydrogens is 853 g/mol. The number of rotatable bonds is 51. The Morgan fingerprint density at radius 1 is 0.290 bits per heavy atom. The highest BCUT2D eigenvalue weighted by Gasteiger charge is 2.19. The largest absolute Gasteiger partial charge is 0.462 e. The van der Waals surface area contributed by atoms with E-state index < -0.39 is 6.10 Å². The van der Waals surface area contributed by atoms with Crippen molar-refractivity contribution in [3.63, 3.8) is 0 Å². The smallest absolute Gasteiger partial charge is 0.306 e. The van der Waals surface area contributed by atoms with Crippen LogP contribution in [0.2, 0.25) is 0 Å². The van der Waals surface area contributed by atoms with Gasteiger partial charge in [-0.2, -0.15) is 0 Å². The highest BCUT2D eigenvalue weighted by molar-refractivity contribution is 5.71. The minimum Gasteiger partial charge on any atom is -0.462 e. The molecule has 0 aromatic carbocycles. The molecule has 0 bridgehead atoms. The molecule has 0 aliphatic rings. The lowest BCUT2D eigenvalue weighted by Crippen LogP contribution is -2.30. The third-order valence-electron chi connectivity index (χ3n) is 12.0. The van der Waals surface area contributed by atoms with Crippen molar-refractivity contribution in [2.24, 2.45) is 0 Å². The van der Waals surface area contributed by atoms with Crippen LogP contribution in [-0.4, -0.2) is 37.2 Å². The Morgan fingerprint density at radius 3 is 0.870 bits per heavy atom. The first kappa shape index (κ1) is 65.3. The van der Waals surface area contributed by atoms with Crippen molar-refractivity contribution in [1.82, 2.24) is 0 Å². The fourth-order valence-electron chi connectivity index (χ4n) is 7.67. The summed E-state index contributed by atoms with van der Waals surface area (Å²) >= 11 is 0. The highest BCUT2D eigenvalue weighted by Crippen LogP contribution is 2.14. The molecule has 0 saturated heterocycles. The molecule has 394 valence electrons. The molecule has 1 atom stereocenters. The predicted octanol–water partition coefficient (Wildman–Crippen LogP) is 19.3. The van der Waals surface area contributed by atoms with E-state index in [9.17, 15) is 14.4 Å². The third kappa shape index (κ3) is 55.1. The van der Waals surface area contributed by atoms with Crippen LogP contribution in [0.1, 0.15) is 265 Å². The Bertz CT molecular complexity index is 1380. The summed E-state index contributed by atoms with van der Waals surface area (Å²) in [5.41, 5.74) is 0. The summed E-state index contributed by atoms with van der Waals surface area (Å²) in [7, 11) is 0. The molecular formula is C63H106O6. The number of unbranched alkanes of at least 4 members (excludes halogenated alkanes) is 24. The molecule has 0 fully saturated rings. The number of hydrogen-bond acceptors (Lipinski definition) is 6. The van der Waals surface area contributed by atoms with Gasteiger partial charge >= 0.3 is 17.9 Å². The molecule has 0 aliphatic heterocycles.